The smallest absolute Gasteiger partial charge is 0.122 e. The fourth-order valence-corrected chi connectivity index (χ4v) is 2.54. The number of methoxy groups -OCH3 is 1. The summed E-state index contributed by atoms with van der Waals surface area (Å²) in [5, 5.41) is 0. The summed E-state index contributed by atoms with van der Waals surface area (Å²) in [5.74, 6) is 1.01. The van der Waals surface area contributed by atoms with Crippen molar-refractivity contribution in [2.75, 3.05) is 7.11 Å². The molecule has 2 rings (SSSR count). The van der Waals surface area contributed by atoms with Crippen LogP contribution >= 0.6 is 0 Å². The Morgan fingerprint density at radius 1 is 1.33 bits per heavy atom. The molecule has 0 heterocycles. The summed E-state index contributed by atoms with van der Waals surface area (Å²) in [6.45, 7) is 2.14. The third kappa shape index (κ3) is 1.86. The number of fused-ring (bicyclic) bond motifs is 1. The van der Waals surface area contributed by atoms with Crippen molar-refractivity contribution in [1.82, 2.24) is 0 Å². The fraction of sp³-hybridized carbons (Fsp3) is 0.538. The Labute approximate surface area is 91.4 Å². The lowest BCUT2D eigenvalue weighted by molar-refractivity contribution is 0.408. The van der Waals surface area contributed by atoms with Gasteiger partial charge in [0.1, 0.15) is 5.75 Å². The van der Waals surface area contributed by atoms with Gasteiger partial charge in [-0.05, 0) is 48.9 Å². The monoisotopic (exact) mass is 205 g/mol. The van der Waals surface area contributed by atoms with Gasteiger partial charge in [-0.15, -0.1) is 0 Å². The molecule has 2 heteroatoms. The molecule has 15 heavy (non-hydrogen) atoms. The van der Waals surface area contributed by atoms with Gasteiger partial charge in [-0.25, -0.2) is 0 Å². The van der Waals surface area contributed by atoms with Crippen molar-refractivity contribution in [3.05, 3.63) is 28.8 Å². The number of hydrogen-bond donors (Lipinski definition) is 1. The molecule has 82 valence electrons. The van der Waals surface area contributed by atoms with E-state index in [1.54, 1.807) is 7.11 Å². The topological polar surface area (TPSA) is 35.2 Å². The lowest BCUT2D eigenvalue weighted by Gasteiger charge is -2.18. The second kappa shape index (κ2) is 4.23. The summed E-state index contributed by atoms with van der Waals surface area (Å²) in [6, 6.07) is 4.37. The largest absolute Gasteiger partial charge is 0.496 e. The van der Waals surface area contributed by atoms with Crippen LogP contribution in [0.15, 0.2) is 12.1 Å². The van der Waals surface area contributed by atoms with E-state index in [9.17, 15) is 0 Å². The minimum Gasteiger partial charge on any atom is -0.496 e. The predicted octanol–water partition coefficient (Wildman–Crippen LogP) is 2.73. The van der Waals surface area contributed by atoms with Gasteiger partial charge in [0.05, 0.1) is 7.11 Å². The molecule has 0 aromatic heterocycles. The van der Waals surface area contributed by atoms with Crippen molar-refractivity contribution < 1.29 is 4.74 Å². The van der Waals surface area contributed by atoms with Crippen LogP contribution < -0.4 is 10.5 Å². The van der Waals surface area contributed by atoms with E-state index in [4.69, 9.17) is 10.5 Å². The maximum atomic E-state index is 6.22. The third-order valence-corrected chi connectivity index (χ3v) is 3.31. The molecule has 0 fully saturated rings. The number of benzene rings is 1. The molecule has 0 spiro atoms. The molecule has 0 saturated carbocycles. The Balaban J connectivity index is 2.55. The molecule has 1 atom stereocenters. The van der Waals surface area contributed by atoms with Crippen molar-refractivity contribution >= 4 is 0 Å². The van der Waals surface area contributed by atoms with Gasteiger partial charge in [0.25, 0.3) is 0 Å². The average molecular weight is 205 g/mol. The highest BCUT2D eigenvalue weighted by molar-refractivity contribution is 5.47. The highest BCUT2D eigenvalue weighted by Crippen LogP contribution is 2.35. The summed E-state index contributed by atoms with van der Waals surface area (Å²) in [4.78, 5) is 0. The van der Waals surface area contributed by atoms with Gasteiger partial charge in [0.15, 0.2) is 0 Å². The van der Waals surface area contributed by atoms with E-state index in [0.29, 0.717) is 0 Å². The molecule has 1 unspecified atom stereocenters. The zero-order valence-corrected chi connectivity index (χ0v) is 9.55. The molecule has 0 saturated heterocycles. The first kappa shape index (κ1) is 10.5. The quantitative estimate of drug-likeness (QED) is 0.715. The maximum absolute atomic E-state index is 6.22. The van der Waals surface area contributed by atoms with Gasteiger partial charge in [-0.3, -0.25) is 0 Å². The molecule has 0 bridgehead atoms. The van der Waals surface area contributed by atoms with Crippen LogP contribution in [-0.2, 0) is 6.42 Å². The predicted molar refractivity (Wildman–Crippen MR) is 62.2 cm³/mol. The van der Waals surface area contributed by atoms with E-state index >= 15 is 0 Å². The Bertz CT molecular complexity index is 360. The third-order valence-electron chi connectivity index (χ3n) is 3.31. The van der Waals surface area contributed by atoms with Gasteiger partial charge in [0.2, 0.25) is 0 Å². The maximum Gasteiger partial charge on any atom is 0.122 e. The first-order chi connectivity index (χ1) is 7.24. The fourth-order valence-electron chi connectivity index (χ4n) is 2.54. The van der Waals surface area contributed by atoms with Crippen LogP contribution in [0.25, 0.3) is 0 Å². The number of ether oxygens (including phenoxy) is 1. The number of nitrogens with two attached hydrogens (primary N) is 1. The summed E-state index contributed by atoms with van der Waals surface area (Å²) >= 11 is 0. The molecule has 1 aliphatic rings. The van der Waals surface area contributed by atoms with E-state index < -0.39 is 0 Å². The highest BCUT2D eigenvalue weighted by Gasteiger charge is 2.20. The minimum absolute atomic E-state index is 0.192. The second-order valence-corrected chi connectivity index (χ2v) is 4.33. The van der Waals surface area contributed by atoms with E-state index in [1.165, 1.54) is 29.5 Å². The normalized spacial score (nSPS) is 20.6. The summed E-state index contributed by atoms with van der Waals surface area (Å²) in [6.07, 6.45) is 4.65. The zero-order chi connectivity index (χ0) is 10.8. The van der Waals surface area contributed by atoms with Crippen molar-refractivity contribution in [3.63, 3.8) is 0 Å². The van der Waals surface area contributed by atoms with E-state index in [1.807, 2.05) is 0 Å². The van der Waals surface area contributed by atoms with Gasteiger partial charge >= 0.3 is 0 Å². The molecular weight excluding hydrogens is 186 g/mol. The lowest BCUT2D eigenvalue weighted by atomic mass is 9.94. The van der Waals surface area contributed by atoms with Crippen LogP contribution in [0.5, 0.6) is 5.75 Å². The Morgan fingerprint density at radius 2 is 2.13 bits per heavy atom. The summed E-state index contributed by atoms with van der Waals surface area (Å²) in [7, 11) is 1.74. The van der Waals surface area contributed by atoms with Crippen LogP contribution in [0.4, 0.5) is 0 Å². The van der Waals surface area contributed by atoms with Gasteiger partial charge in [0, 0.05) is 6.04 Å². The van der Waals surface area contributed by atoms with E-state index in [-0.39, 0.29) is 6.04 Å². The van der Waals surface area contributed by atoms with Gasteiger partial charge in [-0.2, -0.15) is 0 Å². The second-order valence-electron chi connectivity index (χ2n) is 4.33. The first-order valence-electron chi connectivity index (χ1n) is 5.66. The van der Waals surface area contributed by atoms with Crippen LogP contribution in [0.1, 0.15) is 42.0 Å². The standard InChI is InChI=1S/C13H19NO/c1-9-7-8-12(15-2)10-5-3-4-6-11(14)13(9)10/h7-8,11H,3-6,14H2,1-2H3. The molecule has 2 nitrogen and oxygen atoms in total. The zero-order valence-electron chi connectivity index (χ0n) is 9.55. The van der Waals surface area contributed by atoms with Crippen LogP contribution in [0, 0.1) is 6.92 Å². The summed E-state index contributed by atoms with van der Waals surface area (Å²) < 4.78 is 5.42. The Morgan fingerprint density at radius 3 is 2.87 bits per heavy atom. The van der Waals surface area contributed by atoms with Crippen molar-refractivity contribution in [2.24, 2.45) is 5.73 Å². The molecule has 1 aliphatic carbocycles. The molecule has 1 aromatic rings. The summed E-state index contributed by atoms with van der Waals surface area (Å²) in [5.41, 5.74) is 10.2. The van der Waals surface area contributed by atoms with Gasteiger partial charge in [-0.1, -0.05) is 12.5 Å². The Hall–Kier alpha value is -1.02. The van der Waals surface area contributed by atoms with Crippen molar-refractivity contribution in [3.8, 4) is 5.75 Å². The van der Waals surface area contributed by atoms with Crippen LogP contribution in [-0.4, -0.2) is 7.11 Å². The average Bonchev–Trinajstić information content (AvgIpc) is 2.42. The van der Waals surface area contributed by atoms with Crippen LogP contribution in [0.2, 0.25) is 0 Å². The molecule has 0 amide bonds. The van der Waals surface area contributed by atoms with Gasteiger partial charge < -0.3 is 10.5 Å². The highest BCUT2D eigenvalue weighted by atomic mass is 16.5. The minimum atomic E-state index is 0.192. The SMILES string of the molecule is COc1ccc(C)c2c1CCCCC2N. The van der Waals surface area contributed by atoms with Crippen molar-refractivity contribution in [1.29, 1.82) is 0 Å². The molecule has 0 radical (unpaired) electrons. The lowest BCUT2D eigenvalue weighted by Crippen LogP contribution is -2.12. The number of aryl methyl sites for hydroxylation is 1. The molecular formula is C13H19NO. The van der Waals surface area contributed by atoms with E-state index in [2.05, 4.69) is 19.1 Å². The first-order valence-corrected chi connectivity index (χ1v) is 5.66. The molecule has 0 aliphatic heterocycles. The molecule has 2 N–H and O–H groups in total. The number of rotatable bonds is 1. The Kier molecular flexibility index (Phi) is 2.96. The van der Waals surface area contributed by atoms with Crippen molar-refractivity contribution in [2.45, 2.75) is 38.6 Å². The number of hydrogen-bond acceptors (Lipinski definition) is 2. The van der Waals surface area contributed by atoms with E-state index in [0.717, 1.165) is 18.6 Å². The molecule has 1 aromatic carbocycles. The van der Waals surface area contributed by atoms with Crippen LogP contribution in [0.3, 0.4) is 0 Å².